The van der Waals surface area contributed by atoms with Crippen molar-refractivity contribution in [2.75, 3.05) is 11.5 Å². The Balaban J connectivity index is 1.36. The fourth-order valence-corrected chi connectivity index (χ4v) is 5.60. The smallest absolute Gasteiger partial charge is 0.191 e. The van der Waals surface area contributed by atoms with E-state index in [1.165, 1.54) is 5.56 Å². The van der Waals surface area contributed by atoms with Crippen LogP contribution in [0.3, 0.4) is 0 Å². The highest BCUT2D eigenvalue weighted by Crippen LogP contribution is 2.38. The maximum atomic E-state index is 4.65. The number of pyridine rings is 1. The molecule has 3 aromatic heterocycles. The molecular formula is C20H18N6S2. The average Bonchev–Trinajstić information content (AvgIpc) is 3.43. The maximum absolute atomic E-state index is 4.65. The second-order valence-corrected chi connectivity index (χ2v) is 8.52. The normalized spacial score (nSPS) is 15.7. The van der Waals surface area contributed by atoms with E-state index < -0.39 is 0 Å². The summed E-state index contributed by atoms with van der Waals surface area (Å²) < 4.78 is 4.41. The molecule has 0 radical (unpaired) electrons. The molecule has 5 rings (SSSR count). The van der Waals surface area contributed by atoms with E-state index in [0.717, 1.165) is 38.9 Å². The van der Waals surface area contributed by atoms with Crippen molar-refractivity contribution in [2.45, 2.75) is 16.4 Å². The van der Waals surface area contributed by atoms with Gasteiger partial charge in [-0.1, -0.05) is 53.9 Å². The van der Waals surface area contributed by atoms with Crippen molar-refractivity contribution < 1.29 is 0 Å². The third kappa shape index (κ3) is 3.12. The van der Waals surface area contributed by atoms with E-state index in [9.17, 15) is 0 Å². The lowest BCUT2D eigenvalue weighted by Crippen LogP contribution is -2.11. The quantitative estimate of drug-likeness (QED) is 0.463. The topological polar surface area (TPSA) is 61.4 Å². The van der Waals surface area contributed by atoms with Crippen LogP contribution in [0.1, 0.15) is 6.04 Å². The third-order valence-corrected chi connectivity index (χ3v) is 7.05. The van der Waals surface area contributed by atoms with E-state index >= 15 is 0 Å². The third-order valence-electron chi connectivity index (χ3n) is 4.77. The Bertz CT molecular complexity index is 1090. The molecule has 140 valence electrons. The summed E-state index contributed by atoms with van der Waals surface area (Å²) in [7, 11) is 2.08. The lowest BCUT2D eigenvalue weighted by Gasteiger charge is -2.14. The zero-order valence-corrected chi connectivity index (χ0v) is 16.9. The molecular weight excluding hydrogens is 388 g/mol. The Morgan fingerprint density at radius 1 is 1.07 bits per heavy atom. The number of imidazole rings is 1. The fraction of sp³-hybridized carbons (Fsp3) is 0.200. The second kappa shape index (κ2) is 7.44. The van der Waals surface area contributed by atoms with Gasteiger partial charge in [-0.25, -0.2) is 4.98 Å². The van der Waals surface area contributed by atoms with Gasteiger partial charge < -0.3 is 4.57 Å². The van der Waals surface area contributed by atoms with Crippen LogP contribution in [-0.4, -0.2) is 40.8 Å². The first-order chi connectivity index (χ1) is 13.8. The molecule has 1 aromatic carbocycles. The molecule has 0 saturated heterocycles. The van der Waals surface area contributed by atoms with Crippen LogP contribution in [0, 0.1) is 0 Å². The molecule has 0 fully saturated rings. The molecule has 4 heterocycles. The first-order valence-electron chi connectivity index (χ1n) is 8.99. The van der Waals surface area contributed by atoms with Gasteiger partial charge in [0.15, 0.2) is 16.1 Å². The van der Waals surface area contributed by atoms with E-state index in [2.05, 4.69) is 60.6 Å². The molecule has 0 unspecified atom stereocenters. The zero-order valence-electron chi connectivity index (χ0n) is 15.3. The van der Waals surface area contributed by atoms with Crippen LogP contribution < -0.4 is 0 Å². The lowest BCUT2D eigenvalue weighted by atomic mass is 10.2. The van der Waals surface area contributed by atoms with Gasteiger partial charge in [0.1, 0.15) is 0 Å². The maximum Gasteiger partial charge on any atom is 0.191 e. The molecule has 0 saturated carbocycles. The average molecular weight is 407 g/mol. The summed E-state index contributed by atoms with van der Waals surface area (Å²) in [5.74, 6) is 2.81. The number of hydrogen-bond acceptors (Lipinski definition) is 6. The highest BCUT2D eigenvalue weighted by Gasteiger charge is 2.29. The highest BCUT2D eigenvalue weighted by atomic mass is 32.2. The molecule has 28 heavy (non-hydrogen) atoms. The van der Waals surface area contributed by atoms with Crippen molar-refractivity contribution in [3.8, 4) is 22.6 Å². The largest absolute Gasteiger partial charge is 0.322 e. The van der Waals surface area contributed by atoms with Crippen molar-refractivity contribution in [3.63, 3.8) is 0 Å². The molecule has 0 amide bonds. The SMILES string of the molecule is Cn1c(-c2ccccc2)cnc1SC[C@H]1CSc2nnc(-c3cccnc3)n21. The standard InChI is InChI=1S/C20H18N6S2/c1-25-17(14-6-3-2-4-7-14)11-22-19(25)27-12-16-13-28-20-24-23-18(26(16)20)15-8-5-9-21-10-15/h2-11,16H,12-13H2,1H3/t16-/m0/s1. The second-order valence-electron chi connectivity index (χ2n) is 6.54. The Morgan fingerprint density at radius 3 is 2.75 bits per heavy atom. The monoisotopic (exact) mass is 406 g/mol. The number of hydrogen-bond donors (Lipinski definition) is 0. The number of benzene rings is 1. The summed E-state index contributed by atoms with van der Waals surface area (Å²) in [4.78, 5) is 8.87. The molecule has 1 atom stereocenters. The molecule has 8 heteroatoms. The van der Waals surface area contributed by atoms with Gasteiger partial charge >= 0.3 is 0 Å². The zero-order chi connectivity index (χ0) is 18.9. The molecule has 4 aromatic rings. The minimum atomic E-state index is 0.326. The molecule has 0 aliphatic carbocycles. The molecule has 0 N–H and O–H groups in total. The van der Waals surface area contributed by atoms with Gasteiger partial charge in [-0.3, -0.25) is 9.55 Å². The van der Waals surface area contributed by atoms with E-state index in [4.69, 9.17) is 0 Å². The van der Waals surface area contributed by atoms with Gasteiger partial charge in [-0.15, -0.1) is 10.2 Å². The van der Waals surface area contributed by atoms with E-state index in [1.807, 2.05) is 30.6 Å². The summed E-state index contributed by atoms with van der Waals surface area (Å²) in [6.07, 6.45) is 5.57. The number of aromatic nitrogens is 6. The van der Waals surface area contributed by atoms with E-state index in [1.54, 1.807) is 29.7 Å². The molecule has 1 aliphatic rings. The van der Waals surface area contributed by atoms with Crippen molar-refractivity contribution in [1.29, 1.82) is 0 Å². The van der Waals surface area contributed by atoms with Crippen LogP contribution in [0.15, 0.2) is 71.4 Å². The summed E-state index contributed by atoms with van der Waals surface area (Å²) in [6, 6.07) is 14.7. The van der Waals surface area contributed by atoms with Gasteiger partial charge in [-0.05, 0) is 17.7 Å². The summed E-state index contributed by atoms with van der Waals surface area (Å²) in [5.41, 5.74) is 3.31. The first kappa shape index (κ1) is 17.5. The summed E-state index contributed by atoms with van der Waals surface area (Å²) in [5, 5.41) is 10.8. The van der Waals surface area contributed by atoms with Crippen LogP contribution in [0.4, 0.5) is 0 Å². The summed E-state index contributed by atoms with van der Waals surface area (Å²) >= 11 is 3.54. The van der Waals surface area contributed by atoms with Gasteiger partial charge in [0.25, 0.3) is 0 Å². The van der Waals surface area contributed by atoms with Crippen LogP contribution in [0.2, 0.25) is 0 Å². The lowest BCUT2D eigenvalue weighted by molar-refractivity contribution is 0.596. The molecule has 1 aliphatic heterocycles. The molecule has 0 bridgehead atoms. The van der Waals surface area contributed by atoms with Crippen LogP contribution in [0.25, 0.3) is 22.6 Å². The Kier molecular flexibility index (Phi) is 4.66. The number of thioether (sulfide) groups is 2. The van der Waals surface area contributed by atoms with Crippen LogP contribution in [-0.2, 0) is 7.05 Å². The number of nitrogens with zero attached hydrogens (tertiary/aromatic N) is 6. The van der Waals surface area contributed by atoms with Gasteiger partial charge in [-0.2, -0.15) is 0 Å². The van der Waals surface area contributed by atoms with E-state index in [-0.39, 0.29) is 0 Å². The molecule has 0 spiro atoms. The van der Waals surface area contributed by atoms with Crippen molar-refractivity contribution in [3.05, 3.63) is 61.1 Å². The van der Waals surface area contributed by atoms with Crippen LogP contribution >= 0.6 is 23.5 Å². The van der Waals surface area contributed by atoms with E-state index in [0.29, 0.717) is 6.04 Å². The number of fused-ring (bicyclic) bond motifs is 1. The predicted molar refractivity (Wildman–Crippen MR) is 112 cm³/mol. The van der Waals surface area contributed by atoms with Crippen molar-refractivity contribution >= 4 is 23.5 Å². The Hall–Kier alpha value is -2.58. The minimum absolute atomic E-state index is 0.326. The van der Waals surface area contributed by atoms with Crippen molar-refractivity contribution in [1.82, 2.24) is 29.3 Å². The fourth-order valence-electron chi connectivity index (χ4n) is 3.34. The van der Waals surface area contributed by atoms with Gasteiger partial charge in [0.2, 0.25) is 0 Å². The van der Waals surface area contributed by atoms with Crippen LogP contribution in [0.5, 0.6) is 0 Å². The first-order valence-corrected chi connectivity index (χ1v) is 11.0. The highest BCUT2D eigenvalue weighted by molar-refractivity contribution is 8.00. The predicted octanol–water partition coefficient (Wildman–Crippen LogP) is 4.18. The van der Waals surface area contributed by atoms with Crippen molar-refractivity contribution in [2.24, 2.45) is 7.05 Å². The van der Waals surface area contributed by atoms with Gasteiger partial charge in [0, 0.05) is 36.5 Å². The Labute approximate surface area is 171 Å². The van der Waals surface area contributed by atoms with Gasteiger partial charge in [0.05, 0.1) is 17.9 Å². The summed E-state index contributed by atoms with van der Waals surface area (Å²) in [6.45, 7) is 0. The number of rotatable bonds is 5. The Morgan fingerprint density at radius 2 is 1.93 bits per heavy atom. The minimum Gasteiger partial charge on any atom is -0.322 e. The molecule has 6 nitrogen and oxygen atoms in total.